The van der Waals surface area contributed by atoms with Gasteiger partial charge in [-0.25, -0.2) is 0 Å². The zero-order chi connectivity index (χ0) is 18.9. The summed E-state index contributed by atoms with van der Waals surface area (Å²) < 4.78 is 6.43. The summed E-state index contributed by atoms with van der Waals surface area (Å²) in [6.45, 7) is 3.50. The monoisotopic (exact) mass is 425 g/mol. The van der Waals surface area contributed by atoms with Crippen molar-refractivity contribution in [2.24, 2.45) is 0 Å². The van der Waals surface area contributed by atoms with Gasteiger partial charge in [0.25, 0.3) is 0 Å². The molecule has 0 N–H and O–H groups in total. The summed E-state index contributed by atoms with van der Waals surface area (Å²) in [7, 11) is 0. The molecule has 2 heterocycles. The maximum atomic E-state index is 12.4. The average Bonchev–Trinajstić information content (AvgIpc) is 2.73. The van der Waals surface area contributed by atoms with Crippen LogP contribution >= 0.6 is 15.9 Å². The Bertz CT molecular complexity index is 854. The van der Waals surface area contributed by atoms with Gasteiger partial charge in [0.1, 0.15) is 11.4 Å². The van der Waals surface area contributed by atoms with Crippen LogP contribution in [0.4, 0.5) is 0 Å². The fourth-order valence-electron chi connectivity index (χ4n) is 3.82. The molecule has 140 valence electrons. The Labute approximate surface area is 169 Å². The number of fused-ring (bicyclic) bond motifs is 1. The van der Waals surface area contributed by atoms with Gasteiger partial charge in [0.05, 0.1) is 4.83 Å². The molecule has 0 bridgehead atoms. The van der Waals surface area contributed by atoms with E-state index in [0.29, 0.717) is 0 Å². The smallest absolute Gasteiger partial charge is 0.236 e. The number of ether oxygens (including phenoxy) is 1. The third kappa shape index (κ3) is 3.68. The van der Waals surface area contributed by atoms with Crippen molar-refractivity contribution in [2.45, 2.75) is 36.6 Å². The number of carbonyl (C=O) groups is 1. The van der Waals surface area contributed by atoms with Gasteiger partial charge in [-0.1, -0.05) is 65.3 Å². The predicted octanol–water partition coefficient (Wildman–Crippen LogP) is 5.29. The van der Waals surface area contributed by atoms with Crippen molar-refractivity contribution < 1.29 is 9.53 Å². The van der Waals surface area contributed by atoms with Crippen LogP contribution in [0.2, 0.25) is 0 Å². The van der Waals surface area contributed by atoms with E-state index in [1.807, 2.05) is 17.9 Å². The van der Waals surface area contributed by atoms with Gasteiger partial charge in [-0.3, -0.25) is 4.79 Å². The summed E-state index contributed by atoms with van der Waals surface area (Å²) in [4.78, 5) is 14.3. The number of amides is 1. The molecule has 1 unspecified atom stereocenters. The van der Waals surface area contributed by atoms with Gasteiger partial charge in [0, 0.05) is 31.5 Å². The second-order valence-electron chi connectivity index (χ2n) is 7.32. The average molecular weight is 426 g/mol. The molecule has 2 aliphatic heterocycles. The number of benzene rings is 2. The quantitative estimate of drug-likeness (QED) is 0.624. The van der Waals surface area contributed by atoms with Gasteiger partial charge in [-0.05, 0) is 35.8 Å². The van der Waals surface area contributed by atoms with Crippen LogP contribution in [0.5, 0.6) is 5.75 Å². The Kier molecular flexibility index (Phi) is 5.09. The molecule has 1 saturated heterocycles. The Hall–Kier alpha value is -2.07. The van der Waals surface area contributed by atoms with Crippen LogP contribution < -0.4 is 4.74 Å². The zero-order valence-electron chi connectivity index (χ0n) is 15.5. The van der Waals surface area contributed by atoms with Gasteiger partial charge in [-0.15, -0.1) is 0 Å². The highest BCUT2D eigenvalue weighted by Crippen LogP contribution is 2.39. The minimum absolute atomic E-state index is 0.0773. The summed E-state index contributed by atoms with van der Waals surface area (Å²) in [6.07, 6.45) is 6.85. The second kappa shape index (κ2) is 7.51. The van der Waals surface area contributed by atoms with Crippen LogP contribution in [0, 0.1) is 0 Å². The molecule has 1 atom stereocenters. The molecule has 2 aliphatic rings. The van der Waals surface area contributed by atoms with Gasteiger partial charge < -0.3 is 9.64 Å². The number of hydrogen-bond acceptors (Lipinski definition) is 2. The zero-order valence-corrected chi connectivity index (χ0v) is 17.1. The number of piperidine rings is 1. The van der Waals surface area contributed by atoms with Gasteiger partial charge in [-0.2, -0.15) is 0 Å². The number of hydrogen-bond donors (Lipinski definition) is 0. The lowest BCUT2D eigenvalue weighted by Gasteiger charge is -2.42. The molecule has 2 aromatic rings. The van der Waals surface area contributed by atoms with Crippen molar-refractivity contribution in [3.8, 4) is 16.9 Å². The predicted molar refractivity (Wildman–Crippen MR) is 113 cm³/mol. The maximum absolute atomic E-state index is 12.4. The lowest BCUT2D eigenvalue weighted by Crippen LogP contribution is -2.50. The van der Waals surface area contributed by atoms with Crippen molar-refractivity contribution in [3.63, 3.8) is 0 Å². The first-order chi connectivity index (χ1) is 13.1. The number of likely N-dealkylation sites (tertiary alicyclic amines) is 1. The highest BCUT2D eigenvalue weighted by molar-refractivity contribution is 9.10. The van der Waals surface area contributed by atoms with Crippen LogP contribution in [0.1, 0.15) is 31.7 Å². The largest absolute Gasteiger partial charge is 0.482 e. The number of nitrogens with zero attached hydrogens (tertiary/aromatic N) is 1. The summed E-state index contributed by atoms with van der Waals surface area (Å²) in [5, 5.41) is 0. The van der Waals surface area contributed by atoms with E-state index in [9.17, 15) is 4.79 Å². The normalized spacial score (nSPS) is 18.7. The fraction of sp³-hybridized carbons (Fsp3) is 0.348. The molecule has 3 nitrogen and oxygen atoms in total. The van der Waals surface area contributed by atoms with E-state index in [2.05, 4.69) is 70.5 Å². The van der Waals surface area contributed by atoms with Gasteiger partial charge >= 0.3 is 0 Å². The van der Waals surface area contributed by atoms with Crippen LogP contribution in [-0.2, 0) is 4.79 Å². The van der Waals surface area contributed by atoms with Crippen LogP contribution in [0.15, 0.2) is 54.6 Å². The third-order valence-electron chi connectivity index (χ3n) is 5.54. The van der Waals surface area contributed by atoms with Crippen LogP contribution in [-0.4, -0.2) is 34.3 Å². The molecule has 27 heavy (non-hydrogen) atoms. The second-order valence-corrected chi connectivity index (χ2v) is 8.43. The number of halogens is 1. The van der Waals surface area contributed by atoms with E-state index in [0.717, 1.165) is 43.7 Å². The maximum Gasteiger partial charge on any atom is 0.236 e. The summed E-state index contributed by atoms with van der Waals surface area (Å²) >= 11 is 3.48. The third-order valence-corrected chi connectivity index (χ3v) is 6.58. The Morgan fingerprint density at radius 2 is 1.89 bits per heavy atom. The molecule has 0 saturated carbocycles. The molecule has 2 aromatic carbocycles. The number of rotatable bonds is 3. The van der Waals surface area contributed by atoms with Crippen LogP contribution in [0.3, 0.4) is 0 Å². The topological polar surface area (TPSA) is 29.5 Å². The molecule has 4 heteroatoms. The van der Waals surface area contributed by atoms with Crippen molar-refractivity contribution in [1.82, 2.24) is 4.90 Å². The van der Waals surface area contributed by atoms with Gasteiger partial charge in [0.15, 0.2) is 0 Å². The summed E-state index contributed by atoms with van der Waals surface area (Å²) in [5.41, 5.74) is 3.24. The Balaban J connectivity index is 1.48. The summed E-state index contributed by atoms with van der Waals surface area (Å²) in [6, 6.07) is 16.8. The SMILES string of the molecule is CCC(Br)C(=O)N1CCC2(C=Cc3cc(-c4ccccc4)ccc3O2)CC1. The van der Waals surface area contributed by atoms with E-state index < -0.39 is 0 Å². The number of alkyl halides is 1. The Morgan fingerprint density at radius 3 is 2.59 bits per heavy atom. The molecule has 0 radical (unpaired) electrons. The molecule has 0 aliphatic carbocycles. The van der Waals surface area contributed by atoms with E-state index in [1.165, 1.54) is 11.1 Å². The van der Waals surface area contributed by atoms with Crippen LogP contribution in [0.25, 0.3) is 17.2 Å². The highest BCUT2D eigenvalue weighted by Gasteiger charge is 2.38. The highest BCUT2D eigenvalue weighted by atomic mass is 79.9. The van der Waals surface area contributed by atoms with Crippen molar-refractivity contribution in [1.29, 1.82) is 0 Å². The molecule has 1 amide bonds. The molecule has 0 aromatic heterocycles. The lowest BCUT2D eigenvalue weighted by molar-refractivity contribution is -0.133. The molecular weight excluding hydrogens is 402 g/mol. The van der Waals surface area contributed by atoms with Crippen molar-refractivity contribution >= 4 is 27.9 Å². The summed E-state index contributed by atoms with van der Waals surface area (Å²) in [5.74, 6) is 1.13. The first-order valence-corrected chi connectivity index (χ1v) is 10.5. The van der Waals surface area contributed by atoms with E-state index in [4.69, 9.17) is 4.74 Å². The van der Waals surface area contributed by atoms with Crippen molar-refractivity contribution in [2.75, 3.05) is 13.1 Å². The minimum atomic E-state index is -0.286. The van der Waals surface area contributed by atoms with E-state index in [1.54, 1.807) is 0 Å². The van der Waals surface area contributed by atoms with E-state index >= 15 is 0 Å². The number of carbonyl (C=O) groups excluding carboxylic acids is 1. The molecule has 1 fully saturated rings. The Morgan fingerprint density at radius 1 is 1.15 bits per heavy atom. The van der Waals surface area contributed by atoms with Crippen molar-refractivity contribution in [3.05, 3.63) is 60.2 Å². The first kappa shape index (κ1) is 18.3. The van der Waals surface area contributed by atoms with E-state index in [-0.39, 0.29) is 16.3 Å². The molecular formula is C23H24BrNO2. The van der Waals surface area contributed by atoms with Gasteiger partial charge in [0.2, 0.25) is 5.91 Å². The first-order valence-electron chi connectivity index (χ1n) is 9.61. The minimum Gasteiger partial charge on any atom is -0.482 e. The molecule has 4 rings (SSSR count). The lowest BCUT2D eigenvalue weighted by atomic mass is 9.87. The standard InChI is InChI=1S/C23H24BrNO2/c1-2-20(24)22(26)25-14-12-23(13-15-25)11-10-19-16-18(8-9-21(19)27-23)17-6-4-3-5-7-17/h3-11,16,20H,2,12-15H2,1H3. The fourth-order valence-corrected chi connectivity index (χ4v) is 4.11. The molecule has 1 spiro atoms.